The average Bonchev–Trinajstić information content (AvgIpc) is 2.87. The van der Waals surface area contributed by atoms with Crippen molar-refractivity contribution < 1.29 is 8.78 Å². The molecule has 0 unspecified atom stereocenters. The zero-order valence-corrected chi connectivity index (χ0v) is 25.0. The maximum Gasteiger partial charge on any atom is 0.238 e. The molecule has 0 spiro atoms. The Kier molecular flexibility index (Phi) is 32.8. The van der Waals surface area contributed by atoms with Gasteiger partial charge in [-0.3, -0.25) is 0 Å². The van der Waals surface area contributed by atoms with Crippen LogP contribution < -0.4 is 0 Å². The second-order valence-electron chi connectivity index (χ2n) is 11.8. The van der Waals surface area contributed by atoms with Gasteiger partial charge in [0, 0.05) is 6.42 Å². The van der Waals surface area contributed by atoms with Crippen molar-refractivity contribution in [2.75, 3.05) is 0 Å². The summed E-state index contributed by atoms with van der Waals surface area (Å²) in [6.07, 6.45) is 40.9. The van der Waals surface area contributed by atoms with Gasteiger partial charge in [0.2, 0.25) is 6.43 Å². The molecule has 0 aromatic rings. The lowest BCUT2D eigenvalue weighted by Gasteiger charge is -2.05. The van der Waals surface area contributed by atoms with Gasteiger partial charge in [-0.2, -0.15) is 0 Å². The number of hydrogen-bond acceptors (Lipinski definition) is 0. The number of unbranched alkanes of at least 4 members (excludes halogenated alkanes) is 30. The van der Waals surface area contributed by atoms with Crippen molar-refractivity contribution in [2.24, 2.45) is 0 Å². The maximum absolute atomic E-state index is 12.1. The Labute approximate surface area is 227 Å². The van der Waals surface area contributed by atoms with Crippen LogP contribution in [-0.4, -0.2) is 6.43 Å². The van der Waals surface area contributed by atoms with Crippen LogP contribution in [0, 0.1) is 0 Å². The molecule has 2 heteroatoms. The van der Waals surface area contributed by atoms with E-state index in [4.69, 9.17) is 0 Å². The third-order valence-corrected chi connectivity index (χ3v) is 8.03. The summed E-state index contributed by atoms with van der Waals surface area (Å²) in [6, 6.07) is 0. The molecule has 0 aliphatic carbocycles. The van der Waals surface area contributed by atoms with Crippen LogP contribution in [-0.2, 0) is 0 Å². The van der Waals surface area contributed by atoms with Gasteiger partial charge in [-0.1, -0.05) is 200 Å². The molecular formula is C34H68F2. The smallest absolute Gasteiger partial charge is 0.211 e. The maximum atomic E-state index is 12.1. The highest BCUT2D eigenvalue weighted by atomic mass is 19.3. The molecule has 36 heavy (non-hydrogen) atoms. The summed E-state index contributed by atoms with van der Waals surface area (Å²) < 4.78 is 24.1. The van der Waals surface area contributed by atoms with E-state index in [1.165, 1.54) is 180 Å². The molecule has 0 saturated carbocycles. The molecule has 0 atom stereocenters. The first-order chi connectivity index (χ1) is 17.8. The quantitative estimate of drug-likeness (QED) is 0.0783. The van der Waals surface area contributed by atoms with Crippen LogP contribution in [0.4, 0.5) is 8.78 Å². The molecule has 0 rings (SSSR count). The van der Waals surface area contributed by atoms with E-state index in [2.05, 4.69) is 6.92 Å². The summed E-state index contributed by atoms with van der Waals surface area (Å²) >= 11 is 0. The fraction of sp³-hybridized carbons (Fsp3) is 1.00. The molecule has 0 nitrogen and oxygen atoms in total. The van der Waals surface area contributed by atoms with Gasteiger partial charge in [-0.15, -0.1) is 0 Å². The summed E-state index contributed by atoms with van der Waals surface area (Å²) in [5.41, 5.74) is 0. The van der Waals surface area contributed by atoms with Gasteiger partial charge in [0.05, 0.1) is 0 Å². The molecule has 0 aromatic heterocycles. The highest BCUT2D eigenvalue weighted by Crippen LogP contribution is 2.17. The molecule has 0 bridgehead atoms. The molecule has 218 valence electrons. The molecule has 0 aromatic carbocycles. The Morgan fingerprint density at radius 1 is 0.278 bits per heavy atom. The molecule has 0 heterocycles. The first-order valence-electron chi connectivity index (χ1n) is 17.1. The Hall–Kier alpha value is -0.140. The second kappa shape index (κ2) is 32.9. The predicted molar refractivity (Wildman–Crippen MR) is 159 cm³/mol. The lowest BCUT2D eigenvalue weighted by Crippen LogP contribution is -1.89. The van der Waals surface area contributed by atoms with E-state index >= 15 is 0 Å². The van der Waals surface area contributed by atoms with Crippen molar-refractivity contribution in [3.8, 4) is 0 Å². The standard InChI is InChI=1S/C34H68F2/c1-2-3-4-5-6-7-8-9-10-11-12-13-14-15-16-17-18-19-20-21-22-23-24-25-26-27-28-29-30-31-32-33-34(35)36/h34H,2-33H2,1H3. The topological polar surface area (TPSA) is 0 Å². The third-order valence-electron chi connectivity index (χ3n) is 8.03. The monoisotopic (exact) mass is 515 g/mol. The van der Waals surface area contributed by atoms with Gasteiger partial charge in [0.25, 0.3) is 0 Å². The third kappa shape index (κ3) is 33.9. The van der Waals surface area contributed by atoms with E-state index in [1.54, 1.807) is 0 Å². The zero-order valence-electron chi connectivity index (χ0n) is 25.0. The predicted octanol–water partition coefficient (Wildman–Crippen LogP) is 13.8. The van der Waals surface area contributed by atoms with Gasteiger partial charge in [-0.25, -0.2) is 8.78 Å². The lowest BCUT2D eigenvalue weighted by molar-refractivity contribution is 0.133. The molecule has 0 saturated heterocycles. The zero-order chi connectivity index (χ0) is 26.2. The minimum Gasteiger partial charge on any atom is -0.211 e. The fourth-order valence-corrected chi connectivity index (χ4v) is 5.50. The van der Waals surface area contributed by atoms with E-state index in [0.29, 0.717) is 6.42 Å². The van der Waals surface area contributed by atoms with E-state index in [-0.39, 0.29) is 6.42 Å². The van der Waals surface area contributed by atoms with Crippen molar-refractivity contribution >= 4 is 0 Å². The summed E-state index contributed by atoms with van der Waals surface area (Å²) in [6.45, 7) is 2.30. The Morgan fingerprint density at radius 2 is 0.444 bits per heavy atom. The summed E-state index contributed by atoms with van der Waals surface area (Å²) in [4.78, 5) is 0. The Bertz CT molecular complexity index is 368. The van der Waals surface area contributed by atoms with Gasteiger partial charge in [0.1, 0.15) is 0 Å². The first kappa shape index (κ1) is 35.9. The normalized spacial score (nSPS) is 11.7. The number of halogens is 2. The average molecular weight is 515 g/mol. The van der Waals surface area contributed by atoms with Crippen molar-refractivity contribution in [2.45, 2.75) is 219 Å². The SMILES string of the molecule is CCCCCCCCCCCCCCCCCCCCCCCCCCCCCCCCCC(F)F. The molecule has 0 radical (unpaired) electrons. The van der Waals surface area contributed by atoms with Crippen LogP contribution in [0.3, 0.4) is 0 Å². The highest BCUT2D eigenvalue weighted by Gasteiger charge is 2.01. The van der Waals surface area contributed by atoms with Crippen molar-refractivity contribution in [3.05, 3.63) is 0 Å². The van der Waals surface area contributed by atoms with Crippen LogP contribution in [0.15, 0.2) is 0 Å². The van der Waals surface area contributed by atoms with Crippen LogP contribution in [0.25, 0.3) is 0 Å². The number of hydrogen-bond donors (Lipinski definition) is 0. The van der Waals surface area contributed by atoms with Gasteiger partial charge >= 0.3 is 0 Å². The molecule has 0 amide bonds. The molecular weight excluding hydrogens is 446 g/mol. The van der Waals surface area contributed by atoms with Gasteiger partial charge in [0.15, 0.2) is 0 Å². The van der Waals surface area contributed by atoms with Crippen molar-refractivity contribution in [3.63, 3.8) is 0 Å². The largest absolute Gasteiger partial charge is 0.238 e. The van der Waals surface area contributed by atoms with E-state index in [1.807, 2.05) is 0 Å². The Balaban J connectivity index is 3.01. The minimum absolute atomic E-state index is 0.0968. The summed E-state index contributed by atoms with van der Waals surface area (Å²) in [7, 11) is 0. The van der Waals surface area contributed by atoms with Gasteiger partial charge in [-0.05, 0) is 6.42 Å². The number of alkyl halides is 2. The Morgan fingerprint density at radius 3 is 0.611 bits per heavy atom. The first-order valence-corrected chi connectivity index (χ1v) is 17.1. The second-order valence-corrected chi connectivity index (χ2v) is 11.8. The molecule has 0 N–H and O–H groups in total. The highest BCUT2D eigenvalue weighted by molar-refractivity contribution is 4.53. The van der Waals surface area contributed by atoms with E-state index in [9.17, 15) is 8.78 Å². The minimum atomic E-state index is -2.10. The summed E-state index contributed by atoms with van der Waals surface area (Å²) in [5.74, 6) is 0. The van der Waals surface area contributed by atoms with Crippen LogP contribution in [0.2, 0.25) is 0 Å². The van der Waals surface area contributed by atoms with Crippen LogP contribution in [0.1, 0.15) is 212 Å². The lowest BCUT2D eigenvalue weighted by atomic mass is 10.0. The summed E-state index contributed by atoms with van der Waals surface area (Å²) in [5, 5.41) is 0. The van der Waals surface area contributed by atoms with Crippen molar-refractivity contribution in [1.29, 1.82) is 0 Å². The van der Waals surface area contributed by atoms with Crippen LogP contribution >= 0.6 is 0 Å². The molecule has 0 aliphatic heterocycles. The number of rotatable bonds is 32. The molecule has 0 fully saturated rings. The van der Waals surface area contributed by atoms with E-state index in [0.717, 1.165) is 12.8 Å². The molecule has 0 aliphatic rings. The fourth-order valence-electron chi connectivity index (χ4n) is 5.50. The van der Waals surface area contributed by atoms with Crippen molar-refractivity contribution in [1.82, 2.24) is 0 Å². The van der Waals surface area contributed by atoms with Gasteiger partial charge < -0.3 is 0 Å². The van der Waals surface area contributed by atoms with E-state index < -0.39 is 6.43 Å². The van der Waals surface area contributed by atoms with Crippen LogP contribution in [0.5, 0.6) is 0 Å².